The standard InChI is InChI=1S/C16H21FN2O2/c1-3-10-18-16(21)9-12-19(13(2)20)11-8-14-4-6-15(17)7-5-14/h3-7H,1,8-12H2,2H3,(H,18,21). The fraction of sp³-hybridized carbons (Fsp3) is 0.375. The van der Waals surface area contributed by atoms with Crippen molar-refractivity contribution in [3.63, 3.8) is 0 Å². The van der Waals surface area contributed by atoms with E-state index in [0.717, 1.165) is 5.56 Å². The maximum absolute atomic E-state index is 12.8. The summed E-state index contributed by atoms with van der Waals surface area (Å²) in [5.74, 6) is -0.461. The summed E-state index contributed by atoms with van der Waals surface area (Å²) in [7, 11) is 0. The number of amides is 2. The minimum Gasteiger partial charge on any atom is -0.353 e. The third-order valence-corrected chi connectivity index (χ3v) is 3.08. The van der Waals surface area contributed by atoms with Gasteiger partial charge in [-0.25, -0.2) is 4.39 Å². The number of benzene rings is 1. The Labute approximate surface area is 124 Å². The number of hydrogen-bond acceptors (Lipinski definition) is 2. The first-order valence-corrected chi connectivity index (χ1v) is 6.90. The Morgan fingerprint density at radius 2 is 1.95 bits per heavy atom. The van der Waals surface area contributed by atoms with Gasteiger partial charge in [0, 0.05) is 33.0 Å². The van der Waals surface area contributed by atoms with E-state index in [9.17, 15) is 14.0 Å². The van der Waals surface area contributed by atoms with Gasteiger partial charge in [0.15, 0.2) is 0 Å². The van der Waals surface area contributed by atoms with Crippen LogP contribution in [0.5, 0.6) is 0 Å². The molecule has 0 saturated carbocycles. The van der Waals surface area contributed by atoms with Gasteiger partial charge in [0.2, 0.25) is 11.8 Å². The van der Waals surface area contributed by atoms with Gasteiger partial charge in [-0.15, -0.1) is 6.58 Å². The Bertz CT molecular complexity index is 486. The Hall–Kier alpha value is -2.17. The number of halogens is 1. The summed E-state index contributed by atoms with van der Waals surface area (Å²) in [4.78, 5) is 24.7. The van der Waals surface area contributed by atoms with Gasteiger partial charge in [0.25, 0.3) is 0 Å². The molecule has 0 atom stereocenters. The lowest BCUT2D eigenvalue weighted by Crippen LogP contribution is -2.35. The molecular weight excluding hydrogens is 271 g/mol. The van der Waals surface area contributed by atoms with E-state index in [2.05, 4.69) is 11.9 Å². The van der Waals surface area contributed by atoms with Crippen molar-refractivity contribution in [2.75, 3.05) is 19.6 Å². The second kappa shape index (κ2) is 8.89. The van der Waals surface area contributed by atoms with Crippen molar-refractivity contribution in [1.29, 1.82) is 0 Å². The first-order chi connectivity index (χ1) is 10.0. The number of carbonyl (C=O) groups excluding carboxylic acids is 2. The van der Waals surface area contributed by atoms with Crippen LogP contribution in [0.2, 0.25) is 0 Å². The smallest absolute Gasteiger partial charge is 0.222 e. The van der Waals surface area contributed by atoms with Crippen molar-refractivity contribution < 1.29 is 14.0 Å². The van der Waals surface area contributed by atoms with Gasteiger partial charge < -0.3 is 10.2 Å². The fourth-order valence-electron chi connectivity index (χ4n) is 1.85. The van der Waals surface area contributed by atoms with Gasteiger partial charge >= 0.3 is 0 Å². The lowest BCUT2D eigenvalue weighted by atomic mass is 10.1. The minimum atomic E-state index is -0.277. The van der Waals surface area contributed by atoms with Crippen molar-refractivity contribution in [3.05, 3.63) is 48.3 Å². The zero-order valence-electron chi connectivity index (χ0n) is 12.3. The van der Waals surface area contributed by atoms with Crippen LogP contribution in [-0.2, 0) is 16.0 Å². The maximum Gasteiger partial charge on any atom is 0.222 e. The Balaban J connectivity index is 2.42. The number of rotatable bonds is 8. The summed E-state index contributed by atoms with van der Waals surface area (Å²) in [6.07, 6.45) is 2.50. The second-order valence-electron chi connectivity index (χ2n) is 4.73. The molecule has 0 aliphatic heterocycles. The molecule has 1 N–H and O–H groups in total. The molecule has 4 nitrogen and oxygen atoms in total. The maximum atomic E-state index is 12.8. The number of nitrogens with zero attached hydrogens (tertiary/aromatic N) is 1. The number of carbonyl (C=O) groups is 2. The van der Waals surface area contributed by atoms with Gasteiger partial charge in [-0.05, 0) is 24.1 Å². The van der Waals surface area contributed by atoms with Gasteiger partial charge in [-0.3, -0.25) is 9.59 Å². The van der Waals surface area contributed by atoms with Crippen LogP contribution in [0.15, 0.2) is 36.9 Å². The molecule has 0 bridgehead atoms. The van der Waals surface area contributed by atoms with Crippen LogP contribution >= 0.6 is 0 Å². The summed E-state index contributed by atoms with van der Waals surface area (Å²) in [6.45, 7) is 6.31. The Morgan fingerprint density at radius 3 is 2.52 bits per heavy atom. The van der Waals surface area contributed by atoms with Gasteiger partial charge in [-0.1, -0.05) is 18.2 Å². The van der Waals surface area contributed by atoms with E-state index in [1.54, 1.807) is 23.1 Å². The molecule has 0 heterocycles. The van der Waals surface area contributed by atoms with Gasteiger partial charge in [-0.2, -0.15) is 0 Å². The number of hydrogen-bond donors (Lipinski definition) is 1. The summed E-state index contributed by atoms with van der Waals surface area (Å²) in [5, 5.41) is 2.67. The average molecular weight is 292 g/mol. The summed E-state index contributed by atoms with van der Waals surface area (Å²) < 4.78 is 12.8. The van der Waals surface area contributed by atoms with Crippen LogP contribution in [-0.4, -0.2) is 36.3 Å². The molecular formula is C16H21FN2O2. The van der Waals surface area contributed by atoms with Crippen LogP contribution in [0.3, 0.4) is 0 Å². The molecule has 0 saturated heterocycles. The molecule has 5 heteroatoms. The molecule has 114 valence electrons. The molecule has 0 aliphatic carbocycles. The quantitative estimate of drug-likeness (QED) is 0.744. The lowest BCUT2D eigenvalue weighted by molar-refractivity contribution is -0.129. The van der Waals surface area contributed by atoms with Crippen molar-refractivity contribution >= 4 is 11.8 Å². The summed E-state index contributed by atoms with van der Waals surface area (Å²) in [6, 6.07) is 6.20. The first kappa shape index (κ1) is 16.9. The molecule has 1 rings (SSSR count). The molecule has 0 aliphatic rings. The SMILES string of the molecule is C=CCNC(=O)CCN(CCc1ccc(F)cc1)C(C)=O. The lowest BCUT2D eigenvalue weighted by Gasteiger charge is -2.20. The molecule has 1 aromatic carbocycles. The molecule has 0 radical (unpaired) electrons. The highest BCUT2D eigenvalue weighted by molar-refractivity contribution is 5.78. The third kappa shape index (κ3) is 6.70. The minimum absolute atomic E-state index is 0.0753. The van der Waals surface area contributed by atoms with E-state index >= 15 is 0 Å². The van der Waals surface area contributed by atoms with Gasteiger partial charge in [0.05, 0.1) is 0 Å². The highest BCUT2D eigenvalue weighted by atomic mass is 19.1. The highest BCUT2D eigenvalue weighted by Crippen LogP contribution is 2.05. The second-order valence-corrected chi connectivity index (χ2v) is 4.73. The monoisotopic (exact) mass is 292 g/mol. The predicted octanol–water partition coefficient (Wildman–Crippen LogP) is 1.91. The summed E-state index contributed by atoms with van der Waals surface area (Å²) in [5.41, 5.74) is 0.957. The van der Waals surface area contributed by atoms with Crippen LogP contribution in [0.4, 0.5) is 4.39 Å². The highest BCUT2D eigenvalue weighted by Gasteiger charge is 2.11. The molecule has 1 aromatic rings. The van der Waals surface area contributed by atoms with E-state index in [1.165, 1.54) is 19.1 Å². The van der Waals surface area contributed by atoms with E-state index in [0.29, 0.717) is 26.1 Å². The Morgan fingerprint density at radius 1 is 1.29 bits per heavy atom. The van der Waals surface area contributed by atoms with Crippen LogP contribution in [0, 0.1) is 5.82 Å². The molecule has 0 unspecified atom stereocenters. The molecule has 21 heavy (non-hydrogen) atoms. The molecule has 2 amide bonds. The fourth-order valence-corrected chi connectivity index (χ4v) is 1.85. The van der Waals surface area contributed by atoms with Crippen molar-refractivity contribution in [2.24, 2.45) is 0 Å². The normalized spacial score (nSPS) is 10.0. The molecule has 0 aromatic heterocycles. The van der Waals surface area contributed by atoms with Crippen LogP contribution in [0.1, 0.15) is 18.9 Å². The van der Waals surface area contributed by atoms with E-state index in [4.69, 9.17) is 0 Å². The van der Waals surface area contributed by atoms with E-state index in [-0.39, 0.29) is 24.1 Å². The van der Waals surface area contributed by atoms with Crippen LogP contribution in [0.25, 0.3) is 0 Å². The number of nitrogens with one attached hydrogen (secondary N) is 1. The third-order valence-electron chi connectivity index (χ3n) is 3.08. The largest absolute Gasteiger partial charge is 0.353 e. The predicted molar refractivity (Wildman–Crippen MR) is 80.2 cm³/mol. The van der Waals surface area contributed by atoms with Crippen LogP contribution < -0.4 is 5.32 Å². The van der Waals surface area contributed by atoms with Crippen molar-refractivity contribution in [2.45, 2.75) is 19.8 Å². The average Bonchev–Trinajstić information content (AvgIpc) is 2.46. The zero-order chi connectivity index (χ0) is 15.7. The van der Waals surface area contributed by atoms with Crippen molar-refractivity contribution in [3.8, 4) is 0 Å². The first-order valence-electron chi connectivity index (χ1n) is 6.90. The van der Waals surface area contributed by atoms with Gasteiger partial charge in [0.1, 0.15) is 5.82 Å². The topological polar surface area (TPSA) is 49.4 Å². The van der Waals surface area contributed by atoms with E-state index in [1.807, 2.05) is 0 Å². The molecule has 0 spiro atoms. The Kier molecular flexibility index (Phi) is 7.15. The van der Waals surface area contributed by atoms with E-state index < -0.39 is 0 Å². The zero-order valence-corrected chi connectivity index (χ0v) is 12.3. The summed E-state index contributed by atoms with van der Waals surface area (Å²) >= 11 is 0. The van der Waals surface area contributed by atoms with Crippen molar-refractivity contribution in [1.82, 2.24) is 10.2 Å². The molecule has 0 fully saturated rings.